The Hall–Kier alpha value is -1.36. The Morgan fingerprint density at radius 3 is 2.76 bits per heavy atom. The van der Waals surface area contributed by atoms with E-state index in [4.69, 9.17) is 0 Å². The van der Waals surface area contributed by atoms with E-state index in [1.807, 2.05) is 24.3 Å². The smallest absolute Gasteiger partial charge is 0.275 e. The molecule has 17 heavy (non-hydrogen) atoms. The summed E-state index contributed by atoms with van der Waals surface area (Å²) >= 11 is 3.47. The maximum atomic E-state index is 11.7. The van der Waals surface area contributed by atoms with Crippen molar-refractivity contribution >= 4 is 15.9 Å². The summed E-state index contributed by atoms with van der Waals surface area (Å²) in [6.07, 6.45) is 0. The minimum Gasteiger partial charge on any atom is -0.275 e. The average molecular weight is 296 g/mol. The van der Waals surface area contributed by atoms with Crippen LogP contribution in [0.3, 0.4) is 0 Å². The maximum Gasteiger partial charge on any atom is 0.343 e. The van der Waals surface area contributed by atoms with Crippen LogP contribution in [0.15, 0.2) is 33.5 Å². The van der Waals surface area contributed by atoms with Crippen LogP contribution in [0.25, 0.3) is 11.4 Å². The van der Waals surface area contributed by atoms with Gasteiger partial charge in [0.15, 0.2) is 5.82 Å². The van der Waals surface area contributed by atoms with Crippen LogP contribution >= 0.6 is 15.9 Å². The topological polar surface area (TPSA) is 50.7 Å². The molecule has 1 N–H and O–H groups in total. The zero-order chi connectivity index (χ0) is 12.4. The Bertz CT molecular complexity index is 571. The molecule has 0 radical (unpaired) electrons. The monoisotopic (exact) mass is 295 g/mol. The van der Waals surface area contributed by atoms with E-state index >= 15 is 0 Å². The molecule has 0 fully saturated rings. The number of nitrogens with one attached hydrogen (secondary N) is 1. The lowest BCUT2D eigenvalue weighted by molar-refractivity contribution is 0.515. The van der Waals surface area contributed by atoms with E-state index in [9.17, 15) is 4.79 Å². The number of aromatic amines is 1. The van der Waals surface area contributed by atoms with Gasteiger partial charge in [-0.2, -0.15) is 5.10 Å². The van der Waals surface area contributed by atoms with E-state index in [1.165, 1.54) is 0 Å². The van der Waals surface area contributed by atoms with Gasteiger partial charge in [0, 0.05) is 16.6 Å². The number of nitrogens with zero attached hydrogens (tertiary/aromatic N) is 2. The van der Waals surface area contributed by atoms with Crippen molar-refractivity contribution in [2.75, 3.05) is 0 Å². The highest BCUT2D eigenvalue weighted by atomic mass is 79.9. The summed E-state index contributed by atoms with van der Waals surface area (Å²) in [4.78, 5) is 11.7. The largest absolute Gasteiger partial charge is 0.343 e. The van der Waals surface area contributed by atoms with Crippen LogP contribution in [-0.4, -0.2) is 14.8 Å². The summed E-state index contributed by atoms with van der Waals surface area (Å²) in [5.41, 5.74) is 0.760. The quantitative estimate of drug-likeness (QED) is 0.946. The van der Waals surface area contributed by atoms with E-state index in [2.05, 4.69) is 40.0 Å². The van der Waals surface area contributed by atoms with Crippen molar-refractivity contribution in [1.82, 2.24) is 14.8 Å². The molecular weight excluding hydrogens is 282 g/mol. The minimum absolute atomic E-state index is 0.163. The molecule has 1 aromatic carbocycles. The molecule has 0 bridgehead atoms. The molecule has 5 heteroatoms. The standard InChI is InChI=1S/C12H14BrN3O/c1-8(2)7-16-11(14-15-12(16)17)9-5-3-4-6-10(9)13/h3-6,8H,7H2,1-2H3,(H,15,17). The van der Waals surface area contributed by atoms with Crippen molar-refractivity contribution in [3.63, 3.8) is 0 Å². The predicted octanol–water partition coefficient (Wildman–Crippen LogP) is 2.66. The van der Waals surface area contributed by atoms with Crippen LogP contribution in [0.2, 0.25) is 0 Å². The third-order valence-corrected chi connectivity index (χ3v) is 3.11. The number of H-pyrrole nitrogens is 1. The molecule has 0 atom stereocenters. The summed E-state index contributed by atoms with van der Waals surface area (Å²) in [6.45, 7) is 4.80. The Kier molecular flexibility index (Phi) is 3.47. The van der Waals surface area contributed by atoms with Crippen molar-refractivity contribution in [2.45, 2.75) is 20.4 Å². The van der Waals surface area contributed by atoms with Crippen molar-refractivity contribution in [1.29, 1.82) is 0 Å². The van der Waals surface area contributed by atoms with Gasteiger partial charge in [0.2, 0.25) is 0 Å². The number of aromatic nitrogens is 3. The van der Waals surface area contributed by atoms with E-state index in [0.717, 1.165) is 10.0 Å². The molecule has 2 aromatic rings. The molecule has 0 aliphatic carbocycles. The first-order valence-electron chi connectivity index (χ1n) is 5.49. The molecule has 0 unspecified atom stereocenters. The van der Waals surface area contributed by atoms with Crippen molar-refractivity contribution in [2.24, 2.45) is 5.92 Å². The van der Waals surface area contributed by atoms with Crippen LogP contribution in [0.1, 0.15) is 13.8 Å². The van der Waals surface area contributed by atoms with Gasteiger partial charge in [0.1, 0.15) is 0 Å². The fourth-order valence-corrected chi connectivity index (χ4v) is 2.16. The molecule has 4 nitrogen and oxygen atoms in total. The second kappa shape index (κ2) is 4.87. The molecule has 0 aliphatic rings. The van der Waals surface area contributed by atoms with Crippen molar-refractivity contribution in [3.05, 3.63) is 39.2 Å². The van der Waals surface area contributed by atoms with Crippen LogP contribution in [-0.2, 0) is 6.54 Å². The summed E-state index contributed by atoms with van der Waals surface area (Å²) in [5.74, 6) is 1.07. The zero-order valence-electron chi connectivity index (χ0n) is 9.77. The van der Waals surface area contributed by atoms with Crippen LogP contribution < -0.4 is 5.69 Å². The molecule has 2 rings (SSSR count). The van der Waals surface area contributed by atoms with Gasteiger partial charge >= 0.3 is 5.69 Å². The number of hydrogen-bond donors (Lipinski definition) is 1. The zero-order valence-corrected chi connectivity index (χ0v) is 11.4. The van der Waals surface area contributed by atoms with Gasteiger partial charge in [-0.1, -0.05) is 48.0 Å². The molecule has 90 valence electrons. The summed E-state index contributed by atoms with van der Waals surface area (Å²) < 4.78 is 2.61. The Balaban J connectivity index is 2.53. The number of halogens is 1. The first-order valence-corrected chi connectivity index (χ1v) is 6.29. The first-order chi connectivity index (χ1) is 8.09. The summed E-state index contributed by atoms with van der Waals surface area (Å²) in [6, 6.07) is 7.74. The second-order valence-corrected chi connectivity index (χ2v) is 5.19. The molecule has 1 aromatic heterocycles. The third-order valence-electron chi connectivity index (χ3n) is 2.42. The fourth-order valence-electron chi connectivity index (χ4n) is 1.70. The molecule has 0 saturated heterocycles. The molecule has 0 saturated carbocycles. The molecule has 0 aliphatic heterocycles. The minimum atomic E-state index is -0.163. The molecule has 0 amide bonds. The maximum absolute atomic E-state index is 11.7. The van der Waals surface area contributed by atoms with Crippen LogP contribution in [0, 0.1) is 5.92 Å². The van der Waals surface area contributed by atoms with Crippen molar-refractivity contribution < 1.29 is 0 Å². The lowest BCUT2D eigenvalue weighted by atomic mass is 10.2. The van der Waals surface area contributed by atoms with E-state index in [1.54, 1.807) is 4.57 Å². The predicted molar refractivity (Wildman–Crippen MR) is 70.8 cm³/mol. The van der Waals surface area contributed by atoms with E-state index in [0.29, 0.717) is 18.3 Å². The highest BCUT2D eigenvalue weighted by molar-refractivity contribution is 9.10. The van der Waals surface area contributed by atoms with E-state index < -0.39 is 0 Å². The van der Waals surface area contributed by atoms with Gasteiger partial charge in [-0.25, -0.2) is 9.89 Å². The second-order valence-electron chi connectivity index (χ2n) is 4.34. The summed E-state index contributed by atoms with van der Waals surface area (Å²) in [5, 5.41) is 6.60. The lowest BCUT2D eigenvalue weighted by Gasteiger charge is -2.09. The molecular formula is C12H14BrN3O. The van der Waals surface area contributed by atoms with Gasteiger partial charge in [0.05, 0.1) is 0 Å². The first kappa shape index (κ1) is 12.1. The van der Waals surface area contributed by atoms with E-state index in [-0.39, 0.29) is 5.69 Å². The van der Waals surface area contributed by atoms with Crippen LogP contribution in [0.4, 0.5) is 0 Å². The van der Waals surface area contributed by atoms with Crippen molar-refractivity contribution in [3.8, 4) is 11.4 Å². The number of rotatable bonds is 3. The van der Waals surface area contributed by atoms with Gasteiger partial charge in [-0.3, -0.25) is 4.57 Å². The van der Waals surface area contributed by atoms with Crippen LogP contribution in [0.5, 0.6) is 0 Å². The normalized spacial score (nSPS) is 11.1. The lowest BCUT2D eigenvalue weighted by Crippen LogP contribution is -2.20. The average Bonchev–Trinajstić information content (AvgIpc) is 2.61. The highest BCUT2D eigenvalue weighted by Gasteiger charge is 2.13. The Morgan fingerprint density at radius 2 is 2.12 bits per heavy atom. The molecule has 1 heterocycles. The summed E-state index contributed by atoms with van der Waals surface area (Å²) in [7, 11) is 0. The van der Waals surface area contributed by atoms with Gasteiger partial charge in [0.25, 0.3) is 0 Å². The van der Waals surface area contributed by atoms with Gasteiger partial charge in [-0.15, -0.1) is 0 Å². The highest BCUT2D eigenvalue weighted by Crippen LogP contribution is 2.25. The molecule has 0 spiro atoms. The fraction of sp³-hybridized carbons (Fsp3) is 0.333. The van der Waals surface area contributed by atoms with Gasteiger partial charge < -0.3 is 0 Å². The van der Waals surface area contributed by atoms with Gasteiger partial charge in [-0.05, 0) is 12.0 Å². The number of benzene rings is 1. The Morgan fingerprint density at radius 1 is 1.41 bits per heavy atom. The Labute approximate surface area is 108 Å². The number of hydrogen-bond acceptors (Lipinski definition) is 2. The third kappa shape index (κ3) is 2.49. The SMILES string of the molecule is CC(C)Cn1c(-c2ccccc2Br)n[nH]c1=O.